The lowest BCUT2D eigenvalue weighted by molar-refractivity contribution is 0.185. The maximum Gasteiger partial charge on any atom is 0.128 e. The zero-order valence-electron chi connectivity index (χ0n) is 10.6. The van der Waals surface area contributed by atoms with E-state index in [1.54, 1.807) is 6.20 Å². The Morgan fingerprint density at radius 1 is 1.56 bits per heavy atom. The Morgan fingerprint density at radius 3 is 3.11 bits per heavy atom. The summed E-state index contributed by atoms with van der Waals surface area (Å²) in [4.78, 5) is 8.38. The Labute approximate surface area is 116 Å². The van der Waals surface area contributed by atoms with Crippen LogP contribution in [-0.4, -0.2) is 21.0 Å². The fraction of sp³-hybridized carbons (Fsp3) is 0.462. The molecule has 0 amide bonds. The van der Waals surface area contributed by atoms with Gasteiger partial charge in [-0.15, -0.1) is 11.3 Å². The summed E-state index contributed by atoms with van der Waals surface area (Å²) >= 11 is 7.91. The van der Waals surface area contributed by atoms with E-state index in [0.717, 1.165) is 25.3 Å². The van der Waals surface area contributed by atoms with Crippen molar-refractivity contribution in [1.29, 1.82) is 0 Å². The van der Waals surface area contributed by atoms with Crippen molar-refractivity contribution in [2.24, 2.45) is 7.05 Å². The zero-order chi connectivity index (χ0) is 12.7. The molecule has 0 aliphatic carbocycles. The van der Waals surface area contributed by atoms with Crippen molar-refractivity contribution in [3.63, 3.8) is 0 Å². The lowest BCUT2D eigenvalue weighted by atomic mass is 10.0. The predicted molar refractivity (Wildman–Crippen MR) is 75.1 cm³/mol. The average molecular weight is 282 g/mol. The molecule has 0 N–H and O–H groups in total. The molecule has 0 unspecified atom stereocenters. The molecule has 2 aromatic rings. The molecule has 0 bridgehead atoms. The maximum absolute atomic E-state index is 6.03. The number of halogens is 1. The Bertz CT molecular complexity index is 560. The second-order valence-electron chi connectivity index (χ2n) is 4.75. The average Bonchev–Trinajstić information content (AvgIpc) is 2.95. The number of hydrogen-bond donors (Lipinski definition) is 0. The van der Waals surface area contributed by atoms with Crippen LogP contribution in [0.4, 0.5) is 0 Å². The third-order valence-electron chi connectivity index (χ3n) is 3.78. The first-order valence-electron chi connectivity index (χ1n) is 6.13. The zero-order valence-corrected chi connectivity index (χ0v) is 12.1. The summed E-state index contributed by atoms with van der Waals surface area (Å²) in [5.41, 5.74) is 1.48. The van der Waals surface area contributed by atoms with Crippen LogP contribution in [0.25, 0.3) is 0 Å². The minimum absolute atomic E-state index is 0.468. The third-order valence-corrected chi connectivity index (χ3v) is 5.12. The van der Waals surface area contributed by atoms with E-state index in [2.05, 4.69) is 28.3 Å². The summed E-state index contributed by atoms with van der Waals surface area (Å²) in [6.07, 6.45) is 2.87. The molecule has 5 heteroatoms. The molecular formula is C13H16ClN3S. The largest absolute Gasteiger partial charge is 0.321 e. The van der Waals surface area contributed by atoms with Gasteiger partial charge in [0.15, 0.2) is 0 Å². The molecule has 18 heavy (non-hydrogen) atoms. The van der Waals surface area contributed by atoms with Crippen molar-refractivity contribution in [2.75, 3.05) is 6.54 Å². The molecule has 1 aliphatic rings. The fourth-order valence-corrected chi connectivity index (χ4v) is 3.64. The van der Waals surface area contributed by atoms with Crippen LogP contribution in [0.3, 0.4) is 0 Å². The highest BCUT2D eigenvalue weighted by molar-refractivity contribution is 7.10. The second kappa shape index (κ2) is 4.68. The van der Waals surface area contributed by atoms with Crippen molar-refractivity contribution in [3.8, 4) is 0 Å². The van der Waals surface area contributed by atoms with Gasteiger partial charge >= 0.3 is 0 Å². The molecule has 2 aromatic heterocycles. The minimum atomic E-state index is 0.468. The lowest BCUT2D eigenvalue weighted by Crippen LogP contribution is -2.33. The molecule has 1 atom stereocenters. The van der Waals surface area contributed by atoms with Gasteiger partial charge in [-0.05, 0) is 30.4 Å². The van der Waals surface area contributed by atoms with Gasteiger partial charge in [-0.3, -0.25) is 4.90 Å². The van der Waals surface area contributed by atoms with Gasteiger partial charge in [0.1, 0.15) is 11.0 Å². The van der Waals surface area contributed by atoms with Gasteiger partial charge in [0.2, 0.25) is 0 Å². The van der Waals surface area contributed by atoms with E-state index in [-0.39, 0.29) is 0 Å². The van der Waals surface area contributed by atoms with Gasteiger partial charge in [-0.1, -0.05) is 11.6 Å². The number of hydrogen-bond acceptors (Lipinski definition) is 3. The first-order chi connectivity index (χ1) is 8.66. The topological polar surface area (TPSA) is 21.1 Å². The van der Waals surface area contributed by atoms with Crippen molar-refractivity contribution in [1.82, 2.24) is 14.5 Å². The quantitative estimate of drug-likeness (QED) is 0.842. The van der Waals surface area contributed by atoms with Crippen LogP contribution in [0, 0.1) is 0 Å². The lowest BCUT2D eigenvalue weighted by Gasteiger charge is -2.33. The van der Waals surface area contributed by atoms with Crippen LogP contribution < -0.4 is 0 Å². The summed E-state index contributed by atoms with van der Waals surface area (Å²) in [6, 6.07) is 2.72. The first-order valence-corrected chi connectivity index (χ1v) is 7.39. The van der Waals surface area contributed by atoms with E-state index in [1.165, 1.54) is 10.4 Å². The molecule has 1 aliphatic heterocycles. The predicted octanol–water partition coefficient (Wildman–Crippen LogP) is 3.25. The smallest absolute Gasteiger partial charge is 0.128 e. The Kier molecular flexibility index (Phi) is 3.18. The van der Waals surface area contributed by atoms with Crippen molar-refractivity contribution >= 4 is 22.9 Å². The van der Waals surface area contributed by atoms with Gasteiger partial charge in [-0.2, -0.15) is 0 Å². The highest BCUT2D eigenvalue weighted by atomic mass is 35.5. The third kappa shape index (κ3) is 1.98. The SMILES string of the molecule is C[C@@H]1c2ccsc2CCN1Cc1ncc(Cl)n1C. The van der Waals surface area contributed by atoms with Gasteiger partial charge in [0.05, 0.1) is 12.7 Å². The fourth-order valence-electron chi connectivity index (χ4n) is 2.53. The van der Waals surface area contributed by atoms with Gasteiger partial charge in [-0.25, -0.2) is 4.98 Å². The first kappa shape index (κ1) is 12.2. The van der Waals surface area contributed by atoms with Crippen LogP contribution in [-0.2, 0) is 20.0 Å². The van der Waals surface area contributed by atoms with E-state index < -0.39 is 0 Å². The Morgan fingerprint density at radius 2 is 2.39 bits per heavy atom. The molecule has 3 rings (SSSR count). The number of thiophene rings is 1. The van der Waals surface area contributed by atoms with Crippen LogP contribution in [0.2, 0.25) is 5.15 Å². The Balaban J connectivity index is 1.81. The molecule has 0 radical (unpaired) electrons. The number of aromatic nitrogens is 2. The van der Waals surface area contributed by atoms with Crippen molar-refractivity contribution in [2.45, 2.75) is 25.9 Å². The van der Waals surface area contributed by atoms with E-state index >= 15 is 0 Å². The monoisotopic (exact) mass is 281 g/mol. The standard InChI is InChI=1S/C13H16ClN3S/c1-9-10-4-6-18-11(10)3-5-17(9)8-13-15-7-12(14)16(13)2/h4,6-7,9H,3,5,8H2,1-2H3/t9-/m1/s1. The molecule has 0 saturated carbocycles. The van der Waals surface area contributed by atoms with Gasteiger partial charge < -0.3 is 4.57 Å². The second-order valence-corrected chi connectivity index (χ2v) is 6.14. The van der Waals surface area contributed by atoms with Crippen LogP contribution in [0.1, 0.15) is 29.2 Å². The molecule has 0 saturated heterocycles. The van der Waals surface area contributed by atoms with Gasteiger partial charge in [0, 0.05) is 24.5 Å². The normalized spacial score (nSPS) is 20.1. The molecule has 3 nitrogen and oxygen atoms in total. The summed E-state index contributed by atoms with van der Waals surface area (Å²) < 4.78 is 1.96. The van der Waals surface area contributed by atoms with E-state index in [4.69, 9.17) is 11.6 Å². The maximum atomic E-state index is 6.03. The highest BCUT2D eigenvalue weighted by Crippen LogP contribution is 2.33. The number of rotatable bonds is 2. The molecule has 0 spiro atoms. The summed E-state index contributed by atoms with van der Waals surface area (Å²) in [5.74, 6) is 1.03. The van der Waals surface area contributed by atoms with Crippen LogP contribution in [0.15, 0.2) is 17.6 Å². The molecular weight excluding hydrogens is 266 g/mol. The number of nitrogens with zero attached hydrogens (tertiary/aromatic N) is 3. The van der Waals surface area contributed by atoms with E-state index in [0.29, 0.717) is 11.2 Å². The van der Waals surface area contributed by atoms with Crippen molar-refractivity contribution < 1.29 is 0 Å². The Hall–Kier alpha value is -0.840. The minimum Gasteiger partial charge on any atom is -0.321 e. The van der Waals surface area contributed by atoms with E-state index in [1.807, 2.05) is 23.0 Å². The highest BCUT2D eigenvalue weighted by Gasteiger charge is 2.25. The van der Waals surface area contributed by atoms with Crippen molar-refractivity contribution in [3.05, 3.63) is 39.1 Å². The van der Waals surface area contributed by atoms with Crippen LogP contribution >= 0.6 is 22.9 Å². The molecule has 96 valence electrons. The summed E-state index contributed by atoms with van der Waals surface area (Å²) in [7, 11) is 1.97. The number of imidazole rings is 1. The summed E-state index contributed by atoms with van der Waals surface area (Å²) in [6.45, 7) is 4.23. The number of fused-ring (bicyclic) bond motifs is 1. The molecule has 0 aromatic carbocycles. The van der Waals surface area contributed by atoms with Crippen LogP contribution in [0.5, 0.6) is 0 Å². The van der Waals surface area contributed by atoms with E-state index in [9.17, 15) is 0 Å². The van der Waals surface area contributed by atoms with Gasteiger partial charge in [0.25, 0.3) is 0 Å². The molecule has 0 fully saturated rings. The molecule has 3 heterocycles. The summed E-state index contributed by atoms with van der Waals surface area (Å²) in [5, 5.41) is 2.90.